The van der Waals surface area contributed by atoms with Crippen LogP contribution in [0, 0.1) is 0 Å². The highest BCUT2D eigenvalue weighted by molar-refractivity contribution is 5.67. The van der Waals surface area contributed by atoms with Crippen molar-refractivity contribution in [2.24, 2.45) is 0 Å². The van der Waals surface area contributed by atoms with Crippen molar-refractivity contribution in [2.75, 3.05) is 0 Å². The van der Waals surface area contributed by atoms with Gasteiger partial charge in [-0.15, -0.1) is 0 Å². The molecule has 1 atom stereocenters. The van der Waals surface area contributed by atoms with Gasteiger partial charge >= 0.3 is 5.97 Å². The molecule has 0 aliphatic rings. The zero-order chi connectivity index (χ0) is 15.8. The van der Waals surface area contributed by atoms with Crippen LogP contribution in [0.2, 0.25) is 0 Å². The molecule has 0 fully saturated rings. The van der Waals surface area contributed by atoms with Crippen LogP contribution in [0.4, 0.5) is 0 Å². The molecule has 0 saturated carbocycles. The number of rotatable bonds is 14. The Morgan fingerprint density at radius 2 is 1.57 bits per heavy atom. The van der Waals surface area contributed by atoms with Gasteiger partial charge in [-0.25, -0.2) is 0 Å². The normalized spacial score (nSPS) is 13.2. The van der Waals surface area contributed by atoms with Crippen LogP contribution in [-0.2, 0) is 4.79 Å². The van der Waals surface area contributed by atoms with E-state index >= 15 is 0 Å². The van der Waals surface area contributed by atoms with Crippen molar-refractivity contribution in [1.29, 1.82) is 0 Å². The fourth-order valence-corrected chi connectivity index (χ4v) is 2.14. The molecule has 0 radical (unpaired) electrons. The molecule has 21 heavy (non-hydrogen) atoms. The van der Waals surface area contributed by atoms with Crippen molar-refractivity contribution in [3.05, 3.63) is 24.3 Å². The van der Waals surface area contributed by atoms with Gasteiger partial charge in [-0.3, -0.25) is 4.79 Å². The monoisotopic (exact) mass is 296 g/mol. The summed E-state index contributed by atoms with van der Waals surface area (Å²) in [5.74, 6) is -0.923. The van der Waals surface area contributed by atoms with Gasteiger partial charge in [-0.2, -0.15) is 0 Å². The molecule has 1 unspecified atom stereocenters. The third-order valence-electron chi connectivity index (χ3n) is 3.40. The number of allylic oxidation sites excluding steroid dienone is 4. The molecule has 122 valence electrons. The van der Waals surface area contributed by atoms with Gasteiger partial charge in [-0.05, 0) is 38.5 Å². The quantitative estimate of drug-likeness (QED) is 0.355. The predicted octanol–water partition coefficient (Wildman–Crippen LogP) is 4.86. The fourth-order valence-electron chi connectivity index (χ4n) is 2.14. The highest BCUT2D eigenvalue weighted by Crippen LogP contribution is 2.08. The number of unbranched alkanes of at least 4 members (excludes halogenated alkanes) is 6. The topological polar surface area (TPSA) is 57.5 Å². The first-order valence-corrected chi connectivity index (χ1v) is 8.36. The van der Waals surface area contributed by atoms with Gasteiger partial charge < -0.3 is 10.2 Å². The molecule has 0 rings (SSSR count). The van der Waals surface area contributed by atoms with Crippen molar-refractivity contribution in [3.8, 4) is 0 Å². The van der Waals surface area contributed by atoms with E-state index < -0.39 is 12.1 Å². The van der Waals surface area contributed by atoms with Crippen LogP contribution in [0.1, 0.15) is 77.6 Å². The summed E-state index contributed by atoms with van der Waals surface area (Å²) >= 11 is 0. The third kappa shape index (κ3) is 16.9. The van der Waals surface area contributed by atoms with E-state index in [9.17, 15) is 9.90 Å². The summed E-state index contributed by atoms with van der Waals surface area (Å²) in [6, 6.07) is 0. The number of hydrogen-bond donors (Lipinski definition) is 2. The molecule has 0 bridgehead atoms. The maximum absolute atomic E-state index is 10.4. The summed E-state index contributed by atoms with van der Waals surface area (Å²) in [4.78, 5) is 10.4. The average molecular weight is 296 g/mol. The Labute approximate surface area is 129 Å². The maximum atomic E-state index is 10.4. The van der Waals surface area contributed by atoms with Crippen LogP contribution in [0.15, 0.2) is 24.3 Å². The summed E-state index contributed by atoms with van der Waals surface area (Å²) in [6.45, 7) is 2.22. The number of aliphatic hydroxyl groups is 1. The number of carbonyl (C=O) groups is 1. The number of aliphatic carboxylic acids is 1. The standard InChI is InChI=1S/C18H32O3/c1-2-3-4-5-6-7-8-9-10-11-12-13-14-15-17(19)16-18(20)21/h6-7,9-10,17,19H,2-5,8,11-16H2,1H3,(H,20,21)/b7-6-,10-9-. The summed E-state index contributed by atoms with van der Waals surface area (Å²) in [7, 11) is 0. The van der Waals surface area contributed by atoms with Gasteiger partial charge in [0.2, 0.25) is 0 Å². The minimum Gasteiger partial charge on any atom is -0.481 e. The Kier molecular flexibility index (Phi) is 14.5. The number of hydrogen-bond acceptors (Lipinski definition) is 2. The Hall–Kier alpha value is -1.09. The molecule has 0 aliphatic heterocycles. The molecule has 3 nitrogen and oxygen atoms in total. The first-order chi connectivity index (χ1) is 10.2. The lowest BCUT2D eigenvalue weighted by molar-refractivity contribution is -0.139. The minimum atomic E-state index is -0.923. The largest absolute Gasteiger partial charge is 0.481 e. The van der Waals surface area contributed by atoms with Crippen molar-refractivity contribution >= 4 is 5.97 Å². The molecule has 0 aromatic rings. The third-order valence-corrected chi connectivity index (χ3v) is 3.40. The van der Waals surface area contributed by atoms with Gasteiger partial charge in [0.05, 0.1) is 12.5 Å². The van der Waals surface area contributed by atoms with Gasteiger partial charge in [-0.1, -0.05) is 56.9 Å². The summed E-state index contributed by atoms with van der Waals surface area (Å²) in [5.41, 5.74) is 0. The van der Waals surface area contributed by atoms with Crippen molar-refractivity contribution in [1.82, 2.24) is 0 Å². The first kappa shape index (κ1) is 19.9. The molecule has 0 saturated heterocycles. The van der Waals surface area contributed by atoms with E-state index in [0.717, 1.165) is 32.1 Å². The molecule has 0 spiro atoms. The lowest BCUT2D eigenvalue weighted by Gasteiger charge is -2.06. The lowest BCUT2D eigenvalue weighted by Crippen LogP contribution is -2.12. The Morgan fingerprint density at radius 1 is 0.952 bits per heavy atom. The molecular weight excluding hydrogens is 264 g/mol. The molecule has 0 amide bonds. The van der Waals surface area contributed by atoms with Crippen LogP contribution in [0.5, 0.6) is 0 Å². The lowest BCUT2D eigenvalue weighted by atomic mass is 10.1. The van der Waals surface area contributed by atoms with E-state index in [1.807, 2.05) is 0 Å². The molecule has 0 aromatic carbocycles. The van der Waals surface area contributed by atoms with E-state index in [1.165, 1.54) is 25.7 Å². The summed E-state index contributed by atoms with van der Waals surface area (Å²) < 4.78 is 0. The second kappa shape index (κ2) is 15.3. The van der Waals surface area contributed by atoms with Crippen molar-refractivity contribution < 1.29 is 15.0 Å². The number of carboxylic acids is 1. The predicted molar refractivity (Wildman–Crippen MR) is 88.4 cm³/mol. The van der Waals surface area contributed by atoms with E-state index in [2.05, 4.69) is 31.2 Å². The molecule has 2 N–H and O–H groups in total. The maximum Gasteiger partial charge on any atom is 0.305 e. The van der Waals surface area contributed by atoms with E-state index in [4.69, 9.17) is 5.11 Å². The van der Waals surface area contributed by atoms with Crippen LogP contribution in [-0.4, -0.2) is 22.3 Å². The highest BCUT2D eigenvalue weighted by atomic mass is 16.4. The Morgan fingerprint density at radius 3 is 2.14 bits per heavy atom. The zero-order valence-corrected chi connectivity index (χ0v) is 13.5. The van der Waals surface area contributed by atoms with Crippen molar-refractivity contribution in [2.45, 2.75) is 83.7 Å². The average Bonchev–Trinajstić information content (AvgIpc) is 2.43. The summed E-state index contributed by atoms with van der Waals surface area (Å²) in [6.07, 6.45) is 18.9. The van der Waals surface area contributed by atoms with Crippen LogP contribution < -0.4 is 0 Å². The molecule has 0 aromatic heterocycles. The molecule has 3 heteroatoms. The minimum absolute atomic E-state index is 0.134. The fraction of sp³-hybridized carbons (Fsp3) is 0.722. The second-order valence-electron chi connectivity index (χ2n) is 5.56. The molecule has 0 aliphatic carbocycles. The number of carboxylic acid groups (broad SMARTS) is 1. The van der Waals surface area contributed by atoms with Gasteiger partial charge in [0.15, 0.2) is 0 Å². The van der Waals surface area contributed by atoms with Crippen LogP contribution >= 0.6 is 0 Å². The van der Waals surface area contributed by atoms with Crippen LogP contribution in [0.25, 0.3) is 0 Å². The van der Waals surface area contributed by atoms with Gasteiger partial charge in [0, 0.05) is 0 Å². The summed E-state index contributed by atoms with van der Waals surface area (Å²) in [5, 5.41) is 17.9. The molecule has 0 heterocycles. The van der Waals surface area contributed by atoms with Crippen molar-refractivity contribution in [3.63, 3.8) is 0 Å². The van der Waals surface area contributed by atoms with E-state index in [0.29, 0.717) is 6.42 Å². The highest BCUT2D eigenvalue weighted by Gasteiger charge is 2.08. The Balaban J connectivity index is 3.30. The molecular formula is C18H32O3. The van der Waals surface area contributed by atoms with Gasteiger partial charge in [0.25, 0.3) is 0 Å². The van der Waals surface area contributed by atoms with Crippen LogP contribution in [0.3, 0.4) is 0 Å². The smallest absolute Gasteiger partial charge is 0.305 e. The number of aliphatic hydroxyl groups excluding tert-OH is 1. The Bertz CT molecular complexity index is 295. The van der Waals surface area contributed by atoms with E-state index in [-0.39, 0.29) is 6.42 Å². The van der Waals surface area contributed by atoms with E-state index in [1.54, 1.807) is 0 Å². The first-order valence-electron chi connectivity index (χ1n) is 8.36. The second-order valence-corrected chi connectivity index (χ2v) is 5.56. The zero-order valence-electron chi connectivity index (χ0n) is 13.5. The SMILES string of the molecule is CCCCC/C=C\C/C=C\CCCCCC(O)CC(=O)O. The van der Waals surface area contributed by atoms with Gasteiger partial charge in [0.1, 0.15) is 0 Å².